The van der Waals surface area contributed by atoms with Crippen LogP contribution in [-0.2, 0) is 0 Å². The lowest BCUT2D eigenvalue weighted by atomic mass is 9.77. The molecule has 1 heterocycles. The number of nitrogens with one attached hydrogen (secondary N) is 1. The van der Waals surface area contributed by atoms with Gasteiger partial charge in [-0.2, -0.15) is 0 Å². The Kier molecular flexibility index (Phi) is 3.80. The van der Waals surface area contributed by atoms with Crippen molar-refractivity contribution in [1.29, 1.82) is 0 Å². The molecule has 1 saturated heterocycles. The highest BCUT2D eigenvalue weighted by Gasteiger charge is 2.34. The minimum absolute atomic E-state index is 0.0516. The van der Waals surface area contributed by atoms with Crippen LogP contribution in [0.5, 0.6) is 0 Å². The highest BCUT2D eigenvalue weighted by atomic mass is 19.3. The van der Waals surface area contributed by atoms with E-state index in [0.29, 0.717) is 11.6 Å². The third-order valence-corrected chi connectivity index (χ3v) is 3.99. The van der Waals surface area contributed by atoms with Crippen molar-refractivity contribution in [2.75, 3.05) is 19.6 Å². The number of hydrogen-bond acceptors (Lipinski definition) is 2. The van der Waals surface area contributed by atoms with Crippen molar-refractivity contribution in [3.8, 4) is 0 Å². The minimum atomic E-state index is -2.19. The molecule has 2 rings (SSSR count). The zero-order valence-electron chi connectivity index (χ0n) is 10.0. The second-order valence-corrected chi connectivity index (χ2v) is 5.52. The first-order valence-corrected chi connectivity index (χ1v) is 6.36. The monoisotopic (exact) mass is 232 g/mol. The molecule has 1 saturated carbocycles. The minimum Gasteiger partial charge on any atom is -0.309 e. The maximum absolute atomic E-state index is 12.2. The van der Waals surface area contributed by atoms with Gasteiger partial charge in [0.1, 0.15) is 0 Å². The summed E-state index contributed by atoms with van der Waals surface area (Å²) in [7, 11) is 0. The summed E-state index contributed by atoms with van der Waals surface area (Å²) in [6.07, 6.45) is 3.71. The van der Waals surface area contributed by atoms with E-state index in [1.165, 1.54) is 19.3 Å². The zero-order chi connectivity index (χ0) is 11.6. The van der Waals surface area contributed by atoms with Gasteiger partial charge in [-0.1, -0.05) is 0 Å². The van der Waals surface area contributed by atoms with Crippen LogP contribution in [0.1, 0.15) is 39.0 Å². The predicted octanol–water partition coefficient (Wildman–Crippen LogP) is 2.25. The topological polar surface area (TPSA) is 15.3 Å². The van der Waals surface area contributed by atoms with Crippen LogP contribution in [0, 0.1) is 0 Å². The number of likely N-dealkylation sites (tertiary alicyclic amines) is 1. The molecule has 0 radical (unpaired) electrons. The largest absolute Gasteiger partial charge is 0.309 e. The quantitative estimate of drug-likeness (QED) is 0.799. The molecular weight excluding hydrogens is 210 g/mol. The van der Waals surface area contributed by atoms with Gasteiger partial charge in [-0.3, -0.25) is 4.90 Å². The lowest BCUT2D eigenvalue weighted by Crippen LogP contribution is -2.55. The summed E-state index contributed by atoms with van der Waals surface area (Å²) in [5, 5.41) is 3.69. The number of nitrogens with zero attached hydrogens (tertiary/aromatic N) is 1. The summed E-state index contributed by atoms with van der Waals surface area (Å²) >= 11 is 0. The fourth-order valence-corrected chi connectivity index (χ4v) is 2.80. The summed E-state index contributed by atoms with van der Waals surface area (Å²) in [6.45, 7) is 3.86. The number of alkyl halides is 2. The third kappa shape index (κ3) is 3.14. The first-order valence-electron chi connectivity index (χ1n) is 6.36. The molecule has 4 heteroatoms. The van der Waals surface area contributed by atoms with Crippen LogP contribution in [0.15, 0.2) is 0 Å². The maximum Gasteiger partial charge on any atom is 0.251 e. The highest BCUT2D eigenvalue weighted by molar-refractivity contribution is 4.94. The van der Waals surface area contributed by atoms with Crippen LogP contribution < -0.4 is 5.32 Å². The van der Waals surface area contributed by atoms with Crippen molar-refractivity contribution in [2.24, 2.45) is 0 Å². The standard InChI is InChI=1S/C12H22F2N2/c1-12(5-2-6-12)15-10-3-7-16(8-4-10)9-11(13)14/h10-11,15H,2-9H2,1H3. The second kappa shape index (κ2) is 4.96. The van der Waals surface area contributed by atoms with Crippen molar-refractivity contribution in [2.45, 2.75) is 57.0 Å². The van der Waals surface area contributed by atoms with Gasteiger partial charge in [0.2, 0.25) is 0 Å². The Morgan fingerprint density at radius 2 is 1.94 bits per heavy atom. The summed E-state index contributed by atoms with van der Waals surface area (Å²) < 4.78 is 24.4. The molecule has 2 nitrogen and oxygen atoms in total. The molecule has 0 aromatic carbocycles. The Morgan fingerprint density at radius 1 is 1.31 bits per heavy atom. The molecule has 0 spiro atoms. The van der Waals surface area contributed by atoms with Crippen molar-refractivity contribution in [3.63, 3.8) is 0 Å². The number of rotatable bonds is 4. The summed E-state index contributed by atoms with van der Waals surface area (Å²) in [5.74, 6) is 0. The maximum atomic E-state index is 12.2. The van der Waals surface area contributed by atoms with Gasteiger partial charge < -0.3 is 5.32 Å². The van der Waals surface area contributed by atoms with E-state index in [1.54, 1.807) is 0 Å². The molecule has 94 valence electrons. The Labute approximate surface area is 96.4 Å². The molecule has 0 bridgehead atoms. The van der Waals surface area contributed by atoms with Crippen LogP contribution in [0.2, 0.25) is 0 Å². The van der Waals surface area contributed by atoms with E-state index in [0.717, 1.165) is 25.9 Å². The molecular formula is C12H22F2N2. The fraction of sp³-hybridized carbons (Fsp3) is 1.00. The van der Waals surface area contributed by atoms with E-state index < -0.39 is 6.43 Å². The van der Waals surface area contributed by atoms with Crippen molar-refractivity contribution >= 4 is 0 Å². The Morgan fingerprint density at radius 3 is 2.38 bits per heavy atom. The molecule has 0 unspecified atom stereocenters. The molecule has 0 aromatic heterocycles. The molecule has 1 aliphatic carbocycles. The van der Waals surface area contributed by atoms with E-state index in [2.05, 4.69) is 12.2 Å². The van der Waals surface area contributed by atoms with E-state index >= 15 is 0 Å². The molecule has 2 aliphatic rings. The van der Waals surface area contributed by atoms with Crippen LogP contribution in [0.4, 0.5) is 8.78 Å². The molecule has 16 heavy (non-hydrogen) atoms. The summed E-state index contributed by atoms with van der Waals surface area (Å²) in [4.78, 5) is 1.88. The van der Waals surface area contributed by atoms with Gasteiger partial charge in [0.15, 0.2) is 0 Å². The Balaban J connectivity index is 1.68. The van der Waals surface area contributed by atoms with Crippen LogP contribution >= 0.6 is 0 Å². The SMILES string of the molecule is CC1(NC2CCN(CC(F)F)CC2)CCC1. The fourth-order valence-electron chi connectivity index (χ4n) is 2.80. The highest BCUT2D eigenvalue weighted by Crippen LogP contribution is 2.32. The molecule has 0 atom stereocenters. The lowest BCUT2D eigenvalue weighted by Gasteiger charge is -2.44. The zero-order valence-corrected chi connectivity index (χ0v) is 10.0. The molecule has 1 N–H and O–H groups in total. The van der Waals surface area contributed by atoms with Gasteiger partial charge in [0, 0.05) is 11.6 Å². The Bertz CT molecular complexity index is 221. The van der Waals surface area contributed by atoms with Gasteiger partial charge in [-0.25, -0.2) is 8.78 Å². The van der Waals surface area contributed by atoms with E-state index in [9.17, 15) is 8.78 Å². The van der Waals surface area contributed by atoms with Gasteiger partial charge in [0.25, 0.3) is 6.43 Å². The summed E-state index contributed by atoms with van der Waals surface area (Å²) in [5.41, 5.74) is 0.343. The first-order chi connectivity index (χ1) is 7.57. The van der Waals surface area contributed by atoms with E-state index in [4.69, 9.17) is 0 Å². The molecule has 0 amide bonds. The summed E-state index contributed by atoms with van der Waals surface area (Å²) in [6, 6.07) is 0.541. The average Bonchev–Trinajstić information content (AvgIpc) is 2.18. The normalized spacial score (nSPS) is 27.0. The van der Waals surface area contributed by atoms with Gasteiger partial charge >= 0.3 is 0 Å². The van der Waals surface area contributed by atoms with Crippen LogP contribution in [-0.4, -0.2) is 42.5 Å². The smallest absolute Gasteiger partial charge is 0.251 e. The first kappa shape index (κ1) is 12.2. The average molecular weight is 232 g/mol. The molecule has 2 fully saturated rings. The number of piperidine rings is 1. The number of halogens is 2. The van der Waals surface area contributed by atoms with Crippen molar-refractivity contribution in [3.05, 3.63) is 0 Å². The second-order valence-electron chi connectivity index (χ2n) is 5.52. The van der Waals surface area contributed by atoms with Crippen LogP contribution in [0.3, 0.4) is 0 Å². The van der Waals surface area contributed by atoms with Gasteiger partial charge in [-0.15, -0.1) is 0 Å². The van der Waals surface area contributed by atoms with Crippen molar-refractivity contribution < 1.29 is 8.78 Å². The van der Waals surface area contributed by atoms with Gasteiger partial charge in [-0.05, 0) is 52.1 Å². The number of hydrogen-bond donors (Lipinski definition) is 1. The van der Waals surface area contributed by atoms with Crippen LogP contribution in [0.25, 0.3) is 0 Å². The molecule has 1 aliphatic heterocycles. The van der Waals surface area contributed by atoms with Gasteiger partial charge in [0.05, 0.1) is 6.54 Å². The van der Waals surface area contributed by atoms with E-state index in [1.807, 2.05) is 4.90 Å². The Hall–Kier alpha value is -0.220. The van der Waals surface area contributed by atoms with Crippen molar-refractivity contribution in [1.82, 2.24) is 10.2 Å². The predicted molar refractivity (Wildman–Crippen MR) is 60.9 cm³/mol. The molecule has 0 aromatic rings. The third-order valence-electron chi connectivity index (χ3n) is 3.99. The van der Waals surface area contributed by atoms with E-state index in [-0.39, 0.29) is 6.54 Å². The lowest BCUT2D eigenvalue weighted by molar-refractivity contribution is 0.0655.